The second-order valence-corrected chi connectivity index (χ2v) is 5.41. The Labute approximate surface area is 126 Å². The molecule has 3 aromatic carbocycles. The fourth-order valence-electron chi connectivity index (χ4n) is 2.60. The van der Waals surface area contributed by atoms with E-state index >= 15 is 0 Å². The Bertz CT molecular complexity index is 713. The Hall–Kier alpha value is -2.28. The second kappa shape index (κ2) is 6.45. The lowest BCUT2D eigenvalue weighted by atomic mass is 10.1. The number of hydrogen-bond donors (Lipinski definition) is 1. The molecule has 1 heteroatoms. The van der Waals surface area contributed by atoms with Gasteiger partial charge in [-0.15, -0.1) is 0 Å². The molecule has 106 valence electrons. The molecule has 1 N–H and O–H groups in total. The normalized spacial score (nSPS) is 10.7. The van der Waals surface area contributed by atoms with Crippen molar-refractivity contribution < 1.29 is 0 Å². The molecule has 0 unspecified atom stereocenters. The fourth-order valence-corrected chi connectivity index (χ4v) is 2.60. The van der Waals surface area contributed by atoms with E-state index in [1.54, 1.807) is 0 Å². The molecule has 0 aliphatic rings. The largest absolute Gasteiger partial charge is 0.385 e. The van der Waals surface area contributed by atoms with E-state index in [1.807, 2.05) is 0 Å². The summed E-state index contributed by atoms with van der Waals surface area (Å²) in [4.78, 5) is 0. The van der Waals surface area contributed by atoms with Gasteiger partial charge >= 0.3 is 0 Å². The van der Waals surface area contributed by atoms with Crippen molar-refractivity contribution in [2.75, 3.05) is 11.9 Å². The molecule has 0 bridgehead atoms. The summed E-state index contributed by atoms with van der Waals surface area (Å²) in [7, 11) is 0. The lowest BCUT2D eigenvalue weighted by Crippen LogP contribution is -2.04. The summed E-state index contributed by atoms with van der Waals surface area (Å²) in [5.74, 6) is 0. The molecule has 0 aromatic heterocycles. The highest BCUT2D eigenvalue weighted by Gasteiger charge is 1.97. The van der Waals surface area contributed by atoms with Crippen LogP contribution in [-0.2, 0) is 12.8 Å². The predicted octanol–water partition coefficient (Wildman–Crippen LogP) is 5.06. The van der Waals surface area contributed by atoms with E-state index in [4.69, 9.17) is 0 Å². The highest BCUT2D eigenvalue weighted by molar-refractivity contribution is 5.83. The first-order chi connectivity index (χ1) is 10.3. The average Bonchev–Trinajstić information content (AvgIpc) is 2.55. The highest BCUT2D eigenvalue weighted by Crippen LogP contribution is 2.16. The molecule has 0 aliphatic carbocycles. The first kappa shape index (κ1) is 13.7. The summed E-state index contributed by atoms with van der Waals surface area (Å²) in [6, 6.07) is 24.0. The van der Waals surface area contributed by atoms with Gasteiger partial charge in [-0.2, -0.15) is 0 Å². The van der Waals surface area contributed by atoms with E-state index in [-0.39, 0.29) is 0 Å². The van der Waals surface area contributed by atoms with E-state index in [9.17, 15) is 0 Å². The third kappa shape index (κ3) is 3.43. The maximum Gasteiger partial charge on any atom is 0.0340 e. The topological polar surface area (TPSA) is 12.0 Å². The van der Waals surface area contributed by atoms with E-state index in [0.717, 1.165) is 19.4 Å². The van der Waals surface area contributed by atoms with E-state index in [1.165, 1.54) is 27.6 Å². The highest BCUT2D eigenvalue weighted by atomic mass is 14.9. The van der Waals surface area contributed by atoms with Crippen LogP contribution in [-0.4, -0.2) is 6.54 Å². The van der Waals surface area contributed by atoms with Crippen LogP contribution >= 0.6 is 0 Å². The van der Waals surface area contributed by atoms with Gasteiger partial charge in [0.25, 0.3) is 0 Å². The fraction of sp³-hybridized carbons (Fsp3) is 0.200. The van der Waals surface area contributed by atoms with E-state index in [2.05, 4.69) is 79.0 Å². The minimum atomic E-state index is 0.962. The smallest absolute Gasteiger partial charge is 0.0340 e. The maximum absolute atomic E-state index is 3.49. The van der Waals surface area contributed by atoms with E-state index in [0.29, 0.717) is 0 Å². The molecule has 21 heavy (non-hydrogen) atoms. The van der Waals surface area contributed by atoms with Crippen molar-refractivity contribution in [3.05, 3.63) is 77.9 Å². The molecule has 0 saturated heterocycles. The van der Waals surface area contributed by atoms with Gasteiger partial charge in [-0.1, -0.05) is 61.5 Å². The van der Waals surface area contributed by atoms with Crippen molar-refractivity contribution in [1.82, 2.24) is 0 Å². The summed E-state index contributed by atoms with van der Waals surface area (Å²) < 4.78 is 0. The van der Waals surface area contributed by atoms with Crippen molar-refractivity contribution in [3.63, 3.8) is 0 Å². The third-order valence-corrected chi connectivity index (χ3v) is 3.92. The summed E-state index contributed by atoms with van der Waals surface area (Å²) >= 11 is 0. The van der Waals surface area contributed by atoms with Gasteiger partial charge in [0.15, 0.2) is 0 Å². The van der Waals surface area contributed by atoms with Crippen LogP contribution in [0.4, 0.5) is 5.69 Å². The summed E-state index contributed by atoms with van der Waals surface area (Å²) in [5.41, 5.74) is 3.97. The first-order valence-corrected chi connectivity index (χ1v) is 7.65. The van der Waals surface area contributed by atoms with Crippen LogP contribution in [0.3, 0.4) is 0 Å². The summed E-state index contributed by atoms with van der Waals surface area (Å²) in [6.07, 6.45) is 2.14. The molecule has 3 aromatic rings. The number of aryl methyl sites for hydroxylation is 1. The van der Waals surface area contributed by atoms with Crippen LogP contribution < -0.4 is 5.32 Å². The molecular formula is C20H21N. The molecular weight excluding hydrogens is 254 g/mol. The Morgan fingerprint density at radius 1 is 0.762 bits per heavy atom. The minimum absolute atomic E-state index is 0.962. The zero-order valence-corrected chi connectivity index (χ0v) is 12.5. The second-order valence-electron chi connectivity index (χ2n) is 5.41. The number of nitrogens with one attached hydrogen (secondary N) is 1. The van der Waals surface area contributed by atoms with Gasteiger partial charge in [0.2, 0.25) is 0 Å². The monoisotopic (exact) mass is 275 g/mol. The first-order valence-electron chi connectivity index (χ1n) is 7.65. The van der Waals surface area contributed by atoms with Crippen molar-refractivity contribution in [2.45, 2.75) is 19.8 Å². The quantitative estimate of drug-likeness (QED) is 0.686. The third-order valence-electron chi connectivity index (χ3n) is 3.92. The number of fused-ring (bicyclic) bond motifs is 1. The Kier molecular flexibility index (Phi) is 4.20. The van der Waals surface area contributed by atoms with Crippen LogP contribution in [0.2, 0.25) is 0 Å². The van der Waals surface area contributed by atoms with Gasteiger partial charge in [-0.3, -0.25) is 0 Å². The number of rotatable bonds is 5. The van der Waals surface area contributed by atoms with Crippen LogP contribution in [0, 0.1) is 0 Å². The Balaban J connectivity index is 1.60. The predicted molar refractivity (Wildman–Crippen MR) is 92.0 cm³/mol. The lowest BCUT2D eigenvalue weighted by molar-refractivity contribution is 1.02. The maximum atomic E-state index is 3.49. The molecule has 0 heterocycles. The van der Waals surface area contributed by atoms with Crippen LogP contribution in [0.25, 0.3) is 10.8 Å². The van der Waals surface area contributed by atoms with Crippen LogP contribution in [0.1, 0.15) is 18.1 Å². The number of hydrogen-bond acceptors (Lipinski definition) is 1. The lowest BCUT2D eigenvalue weighted by Gasteiger charge is -2.08. The van der Waals surface area contributed by atoms with Crippen molar-refractivity contribution in [2.24, 2.45) is 0 Å². The molecule has 0 radical (unpaired) electrons. The molecule has 3 rings (SSSR count). The van der Waals surface area contributed by atoms with Gasteiger partial charge in [0, 0.05) is 12.2 Å². The van der Waals surface area contributed by atoms with Crippen molar-refractivity contribution in [3.8, 4) is 0 Å². The average molecular weight is 275 g/mol. The Morgan fingerprint density at radius 3 is 2.24 bits per heavy atom. The molecule has 0 spiro atoms. The van der Waals surface area contributed by atoms with Crippen LogP contribution in [0.5, 0.6) is 0 Å². The zero-order valence-electron chi connectivity index (χ0n) is 12.5. The SMILES string of the molecule is CCc1ccc(NCCc2ccc3ccccc3c2)cc1. The minimum Gasteiger partial charge on any atom is -0.385 e. The van der Waals surface area contributed by atoms with Gasteiger partial charge in [-0.05, 0) is 46.9 Å². The molecule has 0 amide bonds. The van der Waals surface area contributed by atoms with Gasteiger partial charge in [0.1, 0.15) is 0 Å². The molecule has 0 aliphatic heterocycles. The van der Waals surface area contributed by atoms with Gasteiger partial charge < -0.3 is 5.32 Å². The van der Waals surface area contributed by atoms with Crippen LogP contribution in [0.15, 0.2) is 66.7 Å². The Morgan fingerprint density at radius 2 is 1.48 bits per heavy atom. The van der Waals surface area contributed by atoms with E-state index < -0.39 is 0 Å². The summed E-state index contributed by atoms with van der Waals surface area (Å²) in [6.45, 7) is 3.14. The summed E-state index contributed by atoms with van der Waals surface area (Å²) in [5, 5.41) is 6.12. The standard InChI is InChI=1S/C20H21N/c1-2-16-8-11-20(12-9-16)21-14-13-17-7-10-18-5-3-4-6-19(18)15-17/h3-12,15,21H,2,13-14H2,1H3. The number of anilines is 1. The molecule has 0 fully saturated rings. The van der Waals surface area contributed by atoms with Gasteiger partial charge in [0.05, 0.1) is 0 Å². The van der Waals surface area contributed by atoms with Crippen molar-refractivity contribution >= 4 is 16.5 Å². The molecule has 0 saturated carbocycles. The molecule has 0 atom stereocenters. The number of benzene rings is 3. The van der Waals surface area contributed by atoms with Gasteiger partial charge in [-0.25, -0.2) is 0 Å². The van der Waals surface area contributed by atoms with Crippen molar-refractivity contribution in [1.29, 1.82) is 0 Å². The zero-order chi connectivity index (χ0) is 14.5. The molecule has 1 nitrogen and oxygen atoms in total.